The molecule has 4 aromatic heterocycles. The maximum atomic E-state index is 4.95. The summed E-state index contributed by atoms with van der Waals surface area (Å²) < 4.78 is 3.57. The lowest BCUT2D eigenvalue weighted by atomic mass is 10.0. The molecule has 4 aromatic carbocycles. The summed E-state index contributed by atoms with van der Waals surface area (Å²) in [5, 5.41) is 3.45. The van der Waals surface area contributed by atoms with Crippen molar-refractivity contribution >= 4 is 43.4 Å². The quantitative estimate of drug-likeness (QED) is 0.228. The molecule has 4 nitrogen and oxygen atoms in total. The monoisotopic (exact) mass is 530 g/mol. The minimum absolute atomic E-state index is 0.955. The van der Waals surface area contributed by atoms with Crippen LogP contribution in [0.5, 0.6) is 0 Å². The molecule has 0 aliphatic rings. The number of nitrogens with zero attached hydrogens (tertiary/aromatic N) is 4. The SMILES string of the molecule is c1ccc(-c2cccc(-n3c4cc(-c5cccnc5)ccc4c4ccc(-c5nc6ccccc6s5)cc43)c2)nc1. The Morgan fingerprint density at radius 3 is 2.17 bits per heavy atom. The highest BCUT2D eigenvalue weighted by Crippen LogP contribution is 2.38. The fourth-order valence-electron chi connectivity index (χ4n) is 5.48. The predicted octanol–water partition coefficient (Wildman–Crippen LogP) is 9.18. The molecule has 5 heteroatoms. The zero-order valence-electron chi connectivity index (χ0n) is 21.4. The van der Waals surface area contributed by atoms with Crippen molar-refractivity contribution in [2.24, 2.45) is 0 Å². The van der Waals surface area contributed by atoms with E-state index in [-0.39, 0.29) is 0 Å². The Labute approximate surface area is 234 Å². The first-order valence-corrected chi connectivity index (χ1v) is 14.0. The highest BCUT2D eigenvalue weighted by molar-refractivity contribution is 7.21. The molecule has 8 aromatic rings. The Kier molecular flexibility index (Phi) is 5.28. The van der Waals surface area contributed by atoms with Gasteiger partial charge in [-0.05, 0) is 60.2 Å². The van der Waals surface area contributed by atoms with Gasteiger partial charge in [-0.2, -0.15) is 0 Å². The molecule has 0 unspecified atom stereocenters. The summed E-state index contributed by atoms with van der Waals surface area (Å²) in [5.74, 6) is 0. The third-order valence-electron chi connectivity index (χ3n) is 7.37. The Bertz CT molecular complexity index is 2130. The van der Waals surface area contributed by atoms with Gasteiger partial charge in [0.25, 0.3) is 0 Å². The van der Waals surface area contributed by atoms with E-state index in [1.54, 1.807) is 11.3 Å². The Balaban J connectivity index is 1.40. The molecule has 0 bridgehead atoms. The van der Waals surface area contributed by atoms with Crippen molar-refractivity contribution in [3.8, 4) is 38.6 Å². The lowest BCUT2D eigenvalue weighted by Crippen LogP contribution is -1.95. The molecule has 0 atom stereocenters. The van der Waals surface area contributed by atoms with Crippen LogP contribution in [0.4, 0.5) is 0 Å². The summed E-state index contributed by atoms with van der Waals surface area (Å²) >= 11 is 1.73. The molecule has 0 saturated carbocycles. The molecule has 0 aliphatic carbocycles. The summed E-state index contributed by atoms with van der Waals surface area (Å²) in [4.78, 5) is 13.9. The standard InChI is InChI=1S/C35H22N4S/c1-2-12-34-31(11-1)38-35(40-34)25-14-16-29-28-15-13-23(26-8-6-17-36-22-26)20-32(28)39(33(29)21-25)27-9-5-7-24(19-27)30-10-3-4-18-37-30/h1-22H. The molecular weight excluding hydrogens is 508 g/mol. The van der Waals surface area contributed by atoms with Crippen LogP contribution < -0.4 is 0 Å². The van der Waals surface area contributed by atoms with E-state index in [4.69, 9.17) is 4.98 Å². The number of hydrogen-bond acceptors (Lipinski definition) is 4. The molecule has 0 amide bonds. The summed E-state index contributed by atoms with van der Waals surface area (Å²) in [6.07, 6.45) is 5.57. The van der Waals surface area contributed by atoms with E-state index in [1.807, 2.05) is 42.9 Å². The minimum Gasteiger partial charge on any atom is -0.309 e. The molecule has 8 rings (SSSR count). The zero-order valence-corrected chi connectivity index (χ0v) is 22.2. The van der Waals surface area contributed by atoms with Crippen LogP contribution in [-0.4, -0.2) is 19.5 Å². The molecule has 0 spiro atoms. The van der Waals surface area contributed by atoms with Gasteiger partial charge in [0.2, 0.25) is 0 Å². The number of pyridine rings is 2. The highest BCUT2D eigenvalue weighted by Gasteiger charge is 2.16. The molecule has 4 heterocycles. The minimum atomic E-state index is 0.955. The van der Waals surface area contributed by atoms with Crippen LogP contribution in [-0.2, 0) is 0 Å². The van der Waals surface area contributed by atoms with Crippen LogP contribution in [0.2, 0.25) is 0 Å². The summed E-state index contributed by atoms with van der Waals surface area (Å²) in [5.41, 5.74) is 9.81. The van der Waals surface area contributed by atoms with Gasteiger partial charge in [-0.1, -0.05) is 60.7 Å². The van der Waals surface area contributed by atoms with Gasteiger partial charge < -0.3 is 4.57 Å². The van der Waals surface area contributed by atoms with Crippen molar-refractivity contribution in [1.29, 1.82) is 0 Å². The fraction of sp³-hybridized carbons (Fsp3) is 0. The van der Waals surface area contributed by atoms with E-state index in [0.717, 1.165) is 55.2 Å². The molecule has 0 fully saturated rings. The second kappa shape index (κ2) is 9.26. The first-order chi connectivity index (χ1) is 19.8. The number of aromatic nitrogens is 4. The van der Waals surface area contributed by atoms with Crippen LogP contribution >= 0.6 is 11.3 Å². The van der Waals surface area contributed by atoms with Crippen LogP contribution in [0.25, 0.3) is 70.7 Å². The topological polar surface area (TPSA) is 43.6 Å². The maximum Gasteiger partial charge on any atom is 0.124 e. The van der Waals surface area contributed by atoms with Crippen molar-refractivity contribution in [2.75, 3.05) is 0 Å². The van der Waals surface area contributed by atoms with Gasteiger partial charge in [0.1, 0.15) is 5.01 Å². The van der Waals surface area contributed by atoms with E-state index >= 15 is 0 Å². The summed E-state index contributed by atoms with van der Waals surface area (Å²) in [7, 11) is 0. The predicted molar refractivity (Wildman–Crippen MR) is 166 cm³/mol. The third-order valence-corrected chi connectivity index (χ3v) is 8.45. The normalized spacial score (nSPS) is 11.5. The Morgan fingerprint density at radius 1 is 0.575 bits per heavy atom. The fourth-order valence-corrected chi connectivity index (χ4v) is 6.44. The molecule has 0 radical (unpaired) electrons. The van der Waals surface area contributed by atoms with E-state index < -0.39 is 0 Å². The van der Waals surface area contributed by atoms with Gasteiger partial charge >= 0.3 is 0 Å². The van der Waals surface area contributed by atoms with Crippen molar-refractivity contribution < 1.29 is 0 Å². The number of fused-ring (bicyclic) bond motifs is 4. The van der Waals surface area contributed by atoms with Gasteiger partial charge in [0, 0.05) is 51.7 Å². The molecule has 0 saturated heterocycles. The first-order valence-electron chi connectivity index (χ1n) is 13.2. The number of hydrogen-bond donors (Lipinski definition) is 0. The molecule has 188 valence electrons. The van der Waals surface area contributed by atoms with Crippen LogP contribution in [0.1, 0.15) is 0 Å². The lowest BCUT2D eigenvalue weighted by molar-refractivity contribution is 1.18. The highest BCUT2D eigenvalue weighted by atomic mass is 32.1. The van der Waals surface area contributed by atoms with Gasteiger partial charge in [-0.15, -0.1) is 11.3 Å². The van der Waals surface area contributed by atoms with Crippen molar-refractivity contribution in [3.05, 3.63) is 134 Å². The van der Waals surface area contributed by atoms with Gasteiger partial charge in [-0.3, -0.25) is 9.97 Å². The second-order valence-corrected chi connectivity index (χ2v) is 10.8. The van der Waals surface area contributed by atoms with Gasteiger partial charge in [0.15, 0.2) is 0 Å². The Hall–Kier alpha value is -5.13. The maximum absolute atomic E-state index is 4.95. The molecular formula is C35H22N4S. The summed E-state index contributed by atoms with van der Waals surface area (Å²) in [6, 6.07) is 40.5. The van der Waals surface area contributed by atoms with Crippen LogP contribution in [0.3, 0.4) is 0 Å². The number of thiazole rings is 1. The van der Waals surface area contributed by atoms with E-state index in [1.165, 1.54) is 15.5 Å². The second-order valence-electron chi connectivity index (χ2n) is 9.79. The van der Waals surface area contributed by atoms with Crippen LogP contribution in [0, 0.1) is 0 Å². The zero-order chi connectivity index (χ0) is 26.5. The number of benzene rings is 4. The van der Waals surface area contributed by atoms with Crippen molar-refractivity contribution in [2.45, 2.75) is 0 Å². The van der Waals surface area contributed by atoms with E-state index in [0.29, 0.717) is 0 Å². The van der Waals surface area contributed by atoms with Crippen molar-refractivity contribution in [1.82, 2.24) is 19.5 Å². The lowest BCUT2D eigenvalue weighted by Gasteiger charge is -2.11. The number of rotatable bonds is 4. The average molecular weight is 531 g/mol. The largest absolute Gasteiger partial charge is 0.309 e. The van der Waals surface area contributed by atoms with Crippen LogP contribution in [0.15, 0.2) is 134 Å². The molecule has 40 heavy (non-hydrogen) atoms. The van der Waals surface area contributed by atoms with Gasteiger partial charge in [-0.25, -0.2) is 4.98 Å². The molecule has 0 N–H and O–H groups in total. The van der Waals surface area contributed by atoms with E-state index in [9.17, 15) is 0 Å². The average Bonchev–Trinajstić information content (AvgIpc) is 3.61. The van der Waals surface area contributed by atoms with E-state index in [2.05, 4.69) is 106 Å². The smallest absolute Gasteiger partial charge is 0.124 e. The molecule has 0 aliphatic heterocycles. The summed E-state index contributed by atoms with van der Waals surface area (Å²) in [6.45, 7) is 0. The van der Waals surface area contributed by atoms with Crippen molar-refractivity contribution in [3.63, 3.8) is 0 Å². The number of para-hydroxylation sites is 1. The Morgan fingerprint density at radius 2 is 1.38 bits per heavy atom. The van der Waals surface area contributed by atoms with Gasteiger partial charge in [0.05, 0.1) is 26.9 Å². The first kappa shape index (κ1) is 22.8. The third kappa shape index (κ3) is 3.79.